The molecule has 0 bridgehead atoms. The van der Waals surface area contributed by atoms with Crippen LogP contribution in [-0.2, 0) is 10.0 Å². The second kappa shape index (κ2) is 6.89. The van der Waals surface area contributed by atoms with Gasteiger partial charge in [-0.1, -0.05) is 19.1 Å². The monoisotopic (exact) mass is 359 g/mol. The van der Waals surface area contributed by atoms with Crippen molar-refractivity contribution in [3.63, 3.8) is 0 Å². The van der Waals surface area contributed by atoms with Crippen molar-refractivity contribution in [3.8, 4) is 0 Å². The highest BCUT2D eigenvalue weighted by Gasteiger charge is 2.16. The molecule has 0 aliphatic carbocycles. The van der Waals surface area contributed by atoms with Gasteiger partial charge in [0.15, 0.2) is 5.65 Å². The second-order valence-electron chi connectivity index (χ2n) is 5.40. The summed E-state index contributed by atoms with van der Waals surface area (Å²) in [6.07, 6.45) is 5.23. The zero-order valence-electron chi connectivity index (χ0n) is 13.5. The van der Waals surface area contributed by atoms with Crippen molar-refractivity contribution < 1.29 is 13.2 Å². The van der Waals surface area contributed by atoms with Gasteiger partial charge in [0.1, 0.15) is 0 Å². The van der Waals surface area contributed by atoms with E-state index in [0.717, 1.165) is 0 Å². The molecule has 2 heterocycles. The van der Waals surface area contributed by atoms with Gasteiger partial charge in [0.05, 0.1) is 41.3 Å². The van der Waals surface area contributed by atoms with Crippen LogP contribution in [0.4, 0.5) is 11.4 Å². The third kappa shape index (κ3) is 3.94. The fraction of sp³-hybridized carbons (Fsp3) is 0.188. The normalized spacial score (nSPS) is 11.4. The van der Waals surface area contributed by atoms with E-state index in [4.69, 9.17) is 0 Å². The van der Waals surface area contributed by atoms with Crippen LogP contribution in [0, 0.1) is 0 Å². The Hall–Kier alpha value is -2.94. The average Bonchev–Trinajstić information content (AvgIpc) is 3.02. The molecule has 0 atom stereocenters. The van der Waals surface area contributed by atoms with Gasteiger partial charge in [0.2, 0.25) is 10.0 Å². The van der Waals surface area contributed by atoms with Gasteiger partial charge in [-0.25, -0.2) is 17.9 Å². The molecule has 2 N–H and O–H groups in total. The van der Waals surface area contributed by atoms with E-state index in [9.17, 15) is 13.2 Å². The van der Waals surface area contributed by atoms with Crippen LogP contribution in [0.3, 0.4) is 0 Å². The number of amides is 1. The standard InChI is InChI=1S/C16H17N5O3S/c1-2-9-25(23,24)20-14-6-4-3-5-13(14)16(22)19-12-10-17-15-7-8-18-21(15)11-12/h3-8,10-11,20H,2,9H2,1H3,(H,19,22). The number of carbonyl (C=O) groups is 1. The molecule has 0 saturated carbocycles. The van der Waals surface area contributed by atoms with Crippen LogP contribution in [0.2, 0.25) is 0 Å². The fourth-order valence-electron chi connectivity index (χ4n) is 2.33. The van der Waals surface area contributed by atoms with E-state index in [-0.39, 0.29) is 17.0 Å². The van der Waals surface area contributed by atoms with Gasteiger partial charge >= 0.3 is 0 Å². The van der Waals surface area contributed by atoms with Crippen molar-refractivity contribution in [2.75, 3.05) is 15.8 Å². The minimum absolute atomic E-state index is 0.0111. The smallest absolute Gasteiger partial charge is 0.257 e. The molecule has 0 aliphatic rings. The summed E-state index contributed by atoms with van der Waals surface area (Å²) in [5, 5.41) is 6.76. The molecule has 0 unspecified atom stereocenters. The summed E-state index contributed by atoms with van der Waals surface area (Å²) in [7, 11) is -3.49. The van der Waals surface area contributed by atoms with Crippen LogP contribution in [-0.4, -0.2) is 34.7 Å². The Labute approximate surface area is 144 Å². The van der Waals surface area contributed by atoms with Crippen LogP contribution in [0.15, 0.2) is 48.9 Å². The molecule has 1 aromatic carbocycles. The van der Waals surface area contributed by atoms with Gasteiger partial charge in [-0.2, -0.15) is 5.10 Å². The first kappa shape index (κ1) is 16.9. The third-order valence-electron chi connectivity index (χ3n) is 3.41. The molecular weight excluding hydrogens is 342 g/mol. The summed E-state index contributed by atoms with van der Waals surface area (Å²) in [4.78, 5) is 16.7. The van der Waals surface area contributed by atoms with E-state index in [0.29, 0.717) is 17.8 Å². The summed E-state index contributed by atoms with van der Waals surface area (Å²) < 4.78 is 28.0. The summed E-state index contributed by atoms with van der Waals surface area (Å²) in [5.74, 6) is -0.453. The lowest BCUT2D eigenvalue weighted by atomic mass is 10.1. The van der Waals surface area contributed by atoms with E-state index < -0.39 is 15.9 Å². The molecular formula is C16H17N5O3S. The quantitative estimate of drug-likeness (QED) is 0.701. The van der Waals surface area contributed by atoms with E-state index in [1.807, 2.05) is 0 Å². The highest BCUT2D eigenvalue weighted by atomic mass is 32.2. The van der Waals surface area contributed by atoms with Crippen molar-refractivity contribution in [3.05, 3.63) is 54.5 Å². The largest absolute Gasteiger partial charge is 0.319 e. The molecule has 3 aromatic rings. The minimum Gasteiger partial charge on any atom is -0.319 e. The Morgan fingerprint density at radius 1 is 1.24 bits per heavy atom. The molecule has 130 valence electrons. The van der Waals surface area contributed by atoms with E-state index in [1.54, 1.807) is 49.6 Å². The van der Waals surface area contributed by atoms with Gasteiger partial charge in [-0.15, -0.1) is 0 Å². The van der Waals surface area contributed by atoms with Gasteiger partial charge in [0, 0.05) is 6.07 Å². The third-order valence-corrected chi connectivity index (χ3v) is 4.89. The first-order valence-electron chi connectivity index (χ1n) is 7.69. The number of carbonyl (C=O) groups excluding carboxylic acids is 1. The van der Waals surface area contributed by atoms with Gasteiger partial charge in [-0.3, -0.25) is 9.52 Å². The van der Waals surface area contributed by atoms with Crippen LogP contribution in [0.25, 0.3) is 5.65 Å². The molecule has 0 fully saturated rings. The SMILES string of the molecule is CCCS(=O)(=O)Nc1ccccc1C(=O)Nc1cnc2ccnn2c1. The first-order chi connectivity index (χ1) is 12.0. The Bertz CT molecular complexity index is 1010. The summed E-state index contributed by atoms with van der Waals surface area (Å²) in [6.45, 7) is 1.77. The van der Waals surface area contributed by atoms with Crippen LogP contribution >= 0.6 is 0 Å². The van der Waals surface area contributed by atoms with Crippen molar-refractivity contribution in [1.29, 1.82) is 0 Å². The lowest BCUT2D eigenvalue weighted by molar-refractivity contribution is 0.102. The Kier molecular flexibility index (Phi) is 4.66. The number of para-hydroxylation sites is 1. The summed E-state index contributed by atoms with van der Waals surface area (Å²) in [6, 6.07) is 8.18. The van der Waals surface area contributed by atoms with Crippen LogP contribution in [0.5, 0.6) is 0 Å². The number of hydrogen-bond donors (Lipinski definition) is 2. The summed E-state index contributed by atoms with van der Waals surface area (Å²) in [5.41, 5.74) is 1.57. The highest BCUT2D eigenvalue weighted by Crippen LogP contribution is 2.19. The second-order valence-corrected chi connectivity index (χ2v) is 7.24. The van der Waals surface area contributed by atoms with Crippen molar-refractivity contribution in [2.45, 2.75) is 13.3 Å². The van der Waals surface area contributed by atoms with E-state index in [2.05, 4.69) is 20.1 Å². The highest BCUT2D eigenvalue weighted by molar-refractivity contribution is 7.92. The van der Waals surface area contributed by atoms with Gasteiger partial charge in [-0.05, 0) is 18.6 Å². The molecule has 2 aromatic heterocycles. The number of aromatic nitrogens is 3. The molecule has 0 spiro atoms. The molecule has 3 rings (SSSR count). The maximum atomic E-state index is 12.5. The Balaban J connectivity index is 1.84. The number of anilines is 2. The Morgan fingerprint density at radius 3 is 2.84 bits per heavy atom. The van der Waals surface area contributed by atoms with Crippen molar-refractivity contribution >= 4 is 33.0 Å². The van der Waals surface area contributed by atoms with Gasteiger partial charge in [0.25, 0.3) is 5.91 Å². The lowest BCUT2D eigenvalue weighted by Crippen LogP contribution is -2.20. The maximum absolute atomic E-state index is 12.5. The van der Waals surface area contributed by atoms with Gasteiger partial charge < -0.3 is 5.32 Å². The Morgan fingerprint density at radius 2 is 2.04 bits per heavy atom. The zero-order chi connectivity index (χ0) is 17.9. The molecule has 8 nitrogen and oxygen atoms in total. The van der Waals surface area contributed by atoms with Crippen molar-refractivity contribution in [2.24, 2.45) is 0 Å². The predicted octanol–water partition coefficient (Wildman–Crippen LogP) is 2.13. The minimum atomic E-state index is -3.49. The number of nitrogens with one attached hydrogen (secondary N) is 2. The molecule has 9 heteroatoms. The van der Waals surface area contributed by atoms with E-state index >= 15 is 0 Å². The number of benzene rings is 1. The fourth-order valence-corrected chi connectivity index (χ4v) is 3.48. The molecule has 0 radical (unpaired) electrons. The number of sulfonamides is 1. The van der Waals surface area contributed by atoms with Crippen molar-refractivity contribution in [1.82, 2.24) is 14.6 Å². The maximum Gasteiger partial charge on any atom is 0.257 e. The first-order valence-corrected chi connectivity index (χ1v) is 9.34. The molecule has 25 heavy (non-hydrogen) atoms. The number of fused-ring (bicyclic) bond motifs is 1. The zero-order valence-corrected chi connectivity index (χ0v) is 14.3. The average molecular weight is 359 g/mol. The lowest BCUT2D eigenvalue weighted by Gasteiger charge is -2.12. The number of nitrogens with zero attached hydrogens (tertiary/aromatic N) is 3. The number of rotatable bonds is 6. The number of hydrogen-bond acceptors (Lipinski definition) is 5. The topological polar surface area (TPSA) is 105 Å². The molecule has 1 amide bonds. The predicted molar refractivity (Wildman–Crippen MR) is 95.1 cm³/mol. The summed E-state index contributed by atoms with van der Waals surface area (Å²) >= 11 is 0. The molecule has 0 aliphatic heterocycles. The van der Waals surface area contributed by atoms with Crippen LogP contribution in [0.1, 0.15) is 23.7 Å². The van der Waals surface area contributed by atoms with E-state index in [1.165, 1.54) is 10.7 Å². The molecule has 0 saturated heterocycles. The van der Waals surface area contributed by atoms with Crippen LogP contribution < -0.4 is 10.0 Å².